The van der Waals surface area contributed by atoms with Crippen LogP contribution < -0.4 is 14.5 Å². The Hall–Kier alpha value is -3.43. The van der Waals surface area contributed by atoms with E-state index in [1.807, 2.05) is 6.07 Å². The number of hydrogen-bond donors (Lipinski definition) is 1. The highest BCUT2D eigenvalue weighted by Gasteiger charge is 2.27. The molecule has 4 rings (SSSR count). The molecular formula is C27H31FN4O3S. The Balaban J connectivity index is 1.35. The first-order chi connectivity index (χ1) is 17.3. The minimum absolute atomic E-state index is 0.0337. The van der Waals surface area contributed by atoms with Crippen LogP contribution in [0.3, 0.4) is 0 Å². The zero-order valence-electron chi connectivity index (χ0n) is 20.5. The maximum absolute atomic E-state index is 14.4. The number of amides is 1. The SMILES string of the molecule is CN(C)S(=O)(=O)N(Cc1ccc(C(=O)NCCCN2CCc3ccccc32)cc1)c1ccccc1F. The van der Waals surface area contributed by atoms with E-state index in [0.29, 0.717) is 17.7 Å². The van der Waals surface area contributed by atoms with Crippen molar-refractivity contribution in [2.45, 2.75) is 19.4 Å². The predicted molar refractivity (Wildman–Crippen MR) is 141 cm³/mol. The summed E-state index contributed by atoms with van der Waals surface area (Å²) in [5.41, 5.74) is 3.73. The van der Waals surface area contributed by atoms with Crippen molar-refractivity contribution in [2.75, 3.05) is 42.9 Å². The Labute approximate surface area is 212 Å². The Morgan fingerprint density at radius 3 is 2.42 bits per heavy atom. The first-order valence-electron chi connectivity index (χ1n) is 11.9. The maximum Gasteiger partial charge on any atom is 0.303 e. The Kier molecular flexibility index (Phi) is 7.91. The van der Waals surface area contributed by atoms with Gasteiger partial charge in [-0.15, -0.1) is 0 Å². The number of carbonyl (C=O) groups excluding carboxylic acids is 1. The van der Waals surface area contributed by atoms with Crippen LogP contribution >= 0.6 is 0 Å². The minimum atomic E-state index is -3.94. The highest BCUT2D eigenvalue weighted by molar-refractivity contribution is 7.90. The van der Waals surface area contributed by atoms with Crippen molar-refractivity contribution in [1.82, 2.24) is 9.62 Å². The van der Waals surface area contributed by atoms with Crippen molar-refractivity contribution in [3.63, 3.8) is 0 Å². The molecule has 0 saturated heterocycles. The molecule has 190 valence electrons. The molecule has 0 bridgehead atoms. The van der Waals surface area contributed by atoms with Gasteiger partial charge in [0.15, 0.2) is 0 Å². The molecule has 0 atom stereocenters. The molecule has 1 aliphatic heterocycles. The van der Waals surface area contributed by atoms with Gasteiger partial charge in [0.1, 0.15) is 5.82 Å². The number of nitrogens with one attached hydrogen (secondary N) is 1. The molecule has 1 N–H and O–H groups in total. The molecular weight excluding hydrogens is 479 g/mol. The van der Waals surface area contributed by atoms with E-state index >= 15 is 0 Å². The molecule has 7 nitrogen and oxygen atoms in total. The van der Waals surface area contributed by atoms with Gasteiger partial charge in [-0.05, 0) is 54.3 Å². The smallest absolute Gasteiger partial charge is 0.303 e. The topological polar surface area (TPSA) is 73.0 Å². The second-order valence-corrected chi connectivity index (χ2v) is 11.0. The van der Waals surface area contributed by atoms with E-state index in [4.69, 9.17) is 0 Å². The van der Waals surface area contributed by atoms with E-state index in [1.54, 1.807) is 30.3 Å². The molecule has 3 aromatic rings. The summed E-state index contributed by atoms with van der Waals surface area (Å²) >= 11 is 0. The zero-order chi connectivity index (χ0) is 25.7. The van der Waals surface area contributed by atoms with Crippen molar-refractivity contribution in [1.29, 1.82) is 0 Å². The second kappa shape index (κ2) is 11.1. The van der Waals surface area contributed by atoms with E-state index in [9.17, 15) is 17.6 Å². The Morgan fingerprint density at radius 2 is 1.69 bits per heavy atom. The van der Waals surface area contributed by atoms with Gasteiger partial charge in [-0.1, -0.05) is 42.5 Å². The number of fused-ring (bicyclic) bond motifs is 1. The van der Waals surface area contributed by atoms with Gasteiger partial charge in [0, 0.05) is 45.0 Å². The molecule has 3 aromatic carbocycles. The molecule has 9 heteroatoms. The van der Waals surface area contributed by atoms with Crippen LogP contribution in [0, 0.1) is 5.82 Å². The lowest BCUT2D eigenvalue weighted by molar-refractivity contribution is 0.0953. The van der Waals surface area contributed by atoms with Gasteiger partial charge in [0.25, 0.3) is 5.91 Å². The number of para-hydroxylation sites is 2. The van der Waals surface area contributed by atoms with E-state index in [1.165, 1.54) is 43.5 Å². The standard InChI is InChI=1S/C27H31FN4O3S/c1-30(2)36(34,35)32(26-11-6-4-9-24(26)28)20-21-12-14-23(15-13-21)27(33)29-17-7-18-31-19-16-22-8-3-5-10-25(22)31/h3-6,8-15H,7,16-20H2,1-2H3,(H,29,33). The summed E-state index contributed by atoms with van der Waals surface area (Å²) in [6.45, 7) is 2.37. The summed E-state index contributed by atoms with van der Waals surface area (Å²) in [4.78, 5) is 14.9. The second-order valence-electron chi connectivity index (χ2n) is 8.92. The van der Waals surface area contributed by atoms with E-state index in [2.05, 4.69) is 28.4 Å². The van der Waals surface area contributed by atoms with E-state index in [0.717, 1.165) is 34.5 Å². The summed E-state index contributed by atoms with van der Waals surface area (Å²) < 4.78 is 42.3. The molecule has 1 aliphatic rings. The van der Waals surface area contributed by atoms with Crippen molar-refractivity contribution in [3.05, 3.63) is 95.3 Å². The number of anilines is 2. The summed E-state index contributed by atoms with van der Waals surface area (Å²) in [5, 5.41) is 2.95. The average molecular weight is 511 g/mol. The fraction of sp³-hybridized carbons (Fsp3) is 0.296. The van der Waals surface area contributed by atoms with Crippen LogP contribution in [-0.4, -0.2) is 52.4 Å². The maximum atomic E-state index is 14.4. The molecule has 0 aliphatic carbocycles. The molecule has 0 aromatic heterocycles. The first-order valence-corrected chi connectivity index (χ1v) is 13.3. The Morgan fingerprint density at radius 1 is 1.00 bits per heavy atom. The minimum Gasteiger partial charge on any atom is -0.371 e. The summed E-state index contributed by atoms with van der Waals surface area (Å²) in [7, 11) is -1.13. The van der Waals surface area contributed by atoms with Gasteiger partial charge in [0.2, 0.25) is 0 Å². The van der Waals surface area contributed by atoms with Gasteiger partial charge in [-0.25, -0.2) is 4.39 Å². The molecule has 0 spiro atoms. The molecule has 0 radical (unpaired) electrons. The van der Waals surface area contributed by atoms with Crippen LogP contribution in [0.1, 0.15) is 27.9 Å². The third-order valence-electron chi connectivity index (χ3n) is 6.28. The molecule has 1 heterocycles. The van der Waals surface area contributed by atoms with Crippen LogP contribution in [0.15, 0.2) is 72.8 Å². The van der Waals surface area contributed by atoms with Crippen molar-refractivity contribution >= 4 is 27.5 Å². The average Bonchev–Trinajstić information content (AvgIpc) is 3.29. The van der Waals surface area contributed by atoms with Gasteiger partial charge in [-0.3, -0.25) is 9.10 Å². The van der Waals surface area contributed by atoms with Crippen molar-refractivity contribution in [3.8, 4) is 0 Å². The van der Waals surface area contributed by atoms with Crippen molar-refractivity contribution in [2.24, 2.45) is 0 Å². The predicted octanol–water partition coefficient (Wildman–Crippen LogP) is 3.82. The van der Waals surface area contributed by atoms with Crippen molar-refractivity contribution < 1.29 is 17.6 Å². The van der Waals surface area contributed by atoms with Crippen LogP contribution in [0.2, 0.25) is 0 Å². The fourth-order valence-corrected chi connectivity index (χ4v) is 5.39. The lowest BCUT2D eigenvalue weighted by atomic mass is 10.1. The number of hydrogen-bond acceptors (Lipinski definition) is 4. The van der Waals surface area contributed by atoms with Crippen LogP contribution in [0.4, 0.5) is 15.8 Å². The van der Waals surface area contributed by atoms with E-state index < -0.39 is 16.0 Å². The number of carbonyl (C=O) groups is 1. The third-order valence-corrected chi connectivity index (χ3v) is 8.08. The van der Waals surface area contributed by atoms with Gasteiger partial charge >= 0.3 is 10.2 Å². The van der Waals surface area contributed by atoms with Gasteiger partial charge in [0.05, 0.1) is 12.2 Å². The number of rotatable bonds is 10. The van der Waals surface area contributed by atoms with Gasteiger partial charge < -0.3 is 10.2 Å². The normalized spacial score (nSPS) is 13.1. The summed E-state index contributed by atoms with van der Waals surface area (Å²) in [6, 6.07) is 20.9. The van der Waals surface area contributed by atoms with E-state index in [-0.39, 0.29) is 18.1 Å². The quantitative estimate of drug-likeness (QED) is 0.421. The number of benzene rings is 3. The first kappa shape index (κ1) is 25.7. The van der Waals surface area contributed by atoms with Crippen LogP contribution in [0.5, 0.6) is 0 Å². The lowest BCUT2D eigenvalue weighted by Gasteiger charge is -2.27. The van der Waals surface area contributed by atoms with Gasteiger partial charge in [-0.2, -0.15) is 12.7 Å². The molecule has 0 fully saturated rings. The summed E-state index contributed by atoms with van der Waals surface area (Å²) in [5.74, 6) is -0.813. The highest BCUT2D eigenvalue weighted by atomic mass is 32.2. The Bertz CT molecular complexity index is 1310. The third kappa shape index (κ3) is 5.68. The monoisotopic (exact) mass is 510 g/mol. The molecule has 1 amide bonds. The molecule has 0 unspecified atom stereocenters. The lowest BCUT2D eigenvalue weighted by Crippen LogP contribution is -2.40. The van der Waals surface area contributed by atoms with Crippen LogP contribution in [0.25, 0.3) is 0 Å². The number of halogens is 1. The number of nitrogens with zero attached hydrogens (tertiary/aromatic N) is 3. The van der Waals surface area contributed by atoms with Crippen LogP contribution in [-0.2, 0) is 23.2 Å². The summed E-state index contributed by atoms with van der Waals surface area (Å²) in [6.07, 6.45) is 1.89. The molecule has 0 saturated carbocycles. The fourth-order valence-electron chi connectivity index (χ4n) is 4.28. The highest BCUT2D eigenvalue weighted by Crippen LogP contribution is 2.27. The molecule has 36 heavy (non-hydrogen) atoms. The largest absolute Gasteiger partial charge is 0.371 e. The zero-order valence-corrected chi connectivity index (χ0v) is 21.3.